The Morgan fingerprint density at radius 3 is 2.20 bits per heavy atom. The largest absolute Gasteiger partial charge is 0.494 e. The van der Waals surface area contributed by atoms with Crippen molar-refractivity contribution in [3.63, 3.8) is 0 Å². The second-order valence-corrected chi connectivity index (χ2v) is 7.71. The van der Waals surface area contributed by atoms with Crippen LogP contribution in [-0.2, 0) is 11.3 Å². The number of methoxy groups -OCH3 is 2. The number of aromatic nitrogens is 1. The lowest BCUT2D eigenvalue weighted by atomic mass is 10.2. The molecule has 0 unspecified atom stereocenters. The Morgan fingerprint density at radius 1 is 0.886 bits per heavy atom. The number of nitrogens with one attached hydrogen (secondary N) is 2. The van der Waals surface area contributed by atoms with Crippen molar-refractivity contribution >= 4 is 34.3 Å². The molecule has 1 aromatic heterocycles. The summed E-state index contributed by atoms with van der Waals surface area (Å²) in [6.45, 7) is 0.341. The van der Waals surface area contributed by atoms with Crippen LogP contribution in [-0.4, -0.2) is 30.6 Å². The minimum Gasteiger partial charge on any atom is -0.494 e. The summed E-state index contributed by atoms with van der Waals surface area (Å²) in [6, 6.07) is 19.1. The summed E-state index contributed by atoms with van der Waals surface area (Å²) in [5.41, 5.74) is 2.51. The summed E-state index contributed by atoms with van der Waals surface area (Å²) < 4.78 is 17.6. The molecule has 1 heterocycles. The van der Waals surface area contributed by atoms with E-state index in [1.54, 1.807) is 54.6 Å². The van der Waals surface area contributed by atoms with Crippen LogP contribution < -0.4 is 25.9 Å². The summed E-state index contributed by atoms with van der Waals surface area (Å²) in [7, 11) is 2.94. The van der Waals surface area contributed by atoms with Crippen molar-refractivity contribution in [1.29, 1.82) is 0 Å². The molecule has 0 aliphatic heterocycles. The van der Waals surface area contributed by atoms with Gasteiger partial charge >= 0.3 is 5.76 Å². The summed E-state index contributed by atoms with van der Waals surface area (Å²) in [5, 5.41) is 5.62. The van der Waals surface area contributed by atoms with Gasteiger partial charge in [-0.25, -0.2) is 4.79 Å². The lowest BCUT2D eigenvalue weighted by Crippen LogP contribution is -2.17. The van der Waals surface area contributed by atoms with Crippen LogP contribution in [0.25, 0.3) is 11.1 Å². The lowest BCUT2D eigenvalue weighted by molar-refractivity contribution is -0.116. The van der Waals surface area contributed by atoms with Gasteiger partial charge in [0.2, 0.25) is 5.91 Å². The molecule has 2 amide bonds. The molecule has 0 aliphatic carbocycles. The van der Waals surface area contributed by atoms with Gasteiger partial charge in [0.15, 0.2) is 5.58 Å². The number of carbonyl (C=O) groups is 2. The average Bonchev–Trinajstić information content (AvgIpc) is 3.20. The fraction of sp³-hybridized carbons (Fsp3) is 0.192. The molecule has 180 valence electrons. The van der Waals surface area contributed by atoms with Crippen molar-refractivity contribution in [2.75, 3.05) is 24.9 Å². The number of nitrogens with zero attached hydrogens (tertiary/aromatic N) is 1. The van der Waals surface area contributed by atoms with E-state index in [4.69, 9.17) is 13.9 Å². The van der Waals surface area contributed by atoms with Gasteiger partial charge < -0.3 is 24.5 Å². The van der Waals surface area contributed by atoms with Crippen LogP contribution in [0.1, 0.15) is 23.2 Å². The molecule has 2 N–H and O–H groups in total. The molecule has 9 nitrogen and oxygen atoms in total. The molecule has 0 bridgehead atoms. The molecular weight excluding hydrogens is 450 g/mol. The Morgan fingerprint density at radius 2 is 1.51 bits per heavy atom. The van der Waals surface area contributed by atoms with Gasteiger partial charge in [0.05, 0.1) is 31.1 Å². The molecule has 0 radical (unpaired) electrons. The number of ether oxygens (including phenoxy) is 2. The topological polar surface area (TPSA) is 112 Å². The van der Waals surface area contributed by atoms with Gasteiger partial charge in [0.25, 0.3) is 5.91 Å². The van der Waals surface area contributed by atoms with Gasteiger partial charge in [-0.1, -0.05) is 30.3 Å². The normalized spacial score (nSPS) is 10.7. The van der Waals surface area contributed by atoms with E-state index >= 15 is 0 Å². The quantitative estimate of drug-likeness (QED) is 0.374. The second-order valence-electron chi connectivity index (χ2n) is 7.71. The summed E-state index contributed by atoms with van der Waals surface area (Å²) >= 11 is 0. The Labute approximate surface area is 201 Å². The van der Waals surface area contributed by atoms with Crippen molar-refractivity contribution in [1.82, 2.24) is 4.57 Å². The van der Waals surface area contributed by atoms with E-state index in [-0.39, 0.29) is 18.2 Å². The summed E-state index contributed by atoms with van der Waals surface area (Å²) in [5.74, 6) is -0.287. The van der Waals surface area contributed by atoms with Crippen LogP contribution in [0.2, 0.25) is 0 Å². The van der Waals surface area contributed by atoms with Crippen molar-refractivity contribution in [2.45, 2.75) is 19.4 Å². The van der Waals surface area contributed by atoms with Crippen LogP contribution in [0.3, 0.4) is 0 Å². The van der Waals surface area contributed by atoms with E-state index in [1.165, 1.54) is 18.8 Å². The smallest absolute Gasteiger partial charge is 0.419 e. The van der Waals surface area contributed by atoms with E-state index in [0.29, 0.717) is 52.5 Å². The Hall–Kier alpha value is -4.53. The van der Waals surface area contributed by atoms with Crippen molar-refractivity contribution in [2.24, 2.45) is 0 Å². The van der Waals surface area contributed by atoms with Crippen LogP contribution >= 0.6 is 0 Å². The number of para-hydroxylation sites is 2. The number of anilines is 2. The predicted molar refractivity (Wildman–Crippen MR) is 132 cm³/mol. The van der Waals surface area contributed by atoms with Gasteiger partial charge in [-0.3, -0.25) is 14.2 Å². The number of hydrogen-bond donors (Lipinski definition) is 2. The standard InChI is InChI=1S/C26H25N3O6/c1-33-22-16-19(28-25(31)17-9-4-3-5-10-17)23(34-2)15-18(22)27-24(30)13-8-14-29-20-11-6-7-12-21(20)35-26(29)32/h3-7,9-12,15-16H,8,13-14H2,1-2H3,(H,27,30)(H,28,31). The van der Waals surface area contributed by atoms with Crippen molar-refractivity contribution in [3.8, 4) is 11.5 Å². The Kier molecular flexibility index (Phi) is 7.15. The number of rotatable bonds is 9. The monoisotopic (exact) mass is 475 g/mol. The molecule has 0 saturated heterocycles. The highest BCUT2D eigenvalue weighted by Gasteiger charge is 2.16. The van der Waals surface area contributed by atoms with E-state index < -0.39 is 5.76 Å². The Balaban J connectivity index is 1.43. The minimum atomic E-state index is -0.453. The molecule has 3 aromatic carbocycles. The van der Waals surface area contributed by atoms with Gasteiger partial charge in [-0.2, -0.15) is 0 Å². The maximum Gasteiger partial charge on any atom is 0.419 e. The number of oxazole rings is 1. The maximum absolute atomic E-state index is 12.6. The molecular formula is C26H25N3O6. The number of carbonyl (C=O) groups excluding carboxylic acids is 2. The van der Waals surface area contributed by atoms with Gasteiger partial charge in [0, 0.05) is 30.7 Å². The molecule has 0 fully saturated rings. The highest BCUT2D eigenvalue weighted by molar-refractivity contribution is 6.05. The average molecular weight is 476 g/mol. The number of benzene rings is 3. The number of fused-ring (bicyclic) bond motifs is 1. The first-order valence-electron chi connectivity index (χ1n) is 11.0. The third-order valence-corrected chi connectivity index (χ3v) is 5.44. The third-order valence-electron chi connectivity index (χ3n) is 5.44. The maximum atomic E-state index is 12.6. The van der Waals surface area contributed by atoms with E-state index in [2.05, 4.69) is 10.6 Å². The van der Waals surface area contributed by atoms with Crippen LogP contribution in [0, 0.1) is 0 Å². The van der Waals surface area contributed by atoms with E-state index in [0.717, 1.165) is 0 Å². The molecule has 4 rings (SSSR count). The first-order valence-corrected chi connectivity index (χ1v) is 11.0. The zero-order valence-electron chi connectivity index (χ0n) is 19.4. The summed E-state index contributed by atoms with van der Waals surface area (Å²) in [4.78, 5) is 37.3. The molecule has 0 saturated carbocycles. The van der Waals surface area contributed by atoms with Gasteiger partial charge in [0.1, 0.15) is 11.5 Å². The highest BCUT2D eigenvalue weighted by atomic mass is 16.5. The van der Waals surface area contributed by atoms with E-state index in [1.807, 2.05) is 12.1 Å². The number of amides is 2. The highest BCUT2D eigenvalue weighted by Crippen LogP contribution is 2.36. The zero-order valence-corrected chi connectivity index (χ0v) is 19.4. The number of aryl methyl sites for hydroxylation is 1. The van der Waals surface area contributed by atoms with Crippen molar-refractivity contribution < 1.29 is 23.5 Å². The SMILES string of the molecule is COc1cc(NC(=O)c2ccccc2)c(OC)cc1NC(=O)CCCn1c(=O)oc2ccccc21. The number of hydrogen-bond acceptors (Lipinski definition) is 6. The first-order chi connectivity index (χ1) is 17.0. The van der Waals surface area contributed by atoms with E-state index in [9.17, 15) is 14.4 Å². The van der Waals surface area contributed by atoms with Crippen molar-refractivity contribution in [3.05, 3.63) is 82.8 Å². The van der Waals surface area contributed by atoms with Crippen LogP contribution in [0.15, 0.2) is 75.9 Å². The third kappa shape index (κ3) is 5.35. The fourth-order valence-corrected chi connectivity index (χ4v) is 3.71. The first kappa shape index (κ1) is 23.6. The van der Waals surface area contributed by atoms with Gasteiger partial charge in [-0.05, 0) is 30.7 Å². The summed E-state index contributed by atoms with van der Waals surface area (Å²) in [6.07, 6.45) is 0.601. The molecule has 4 aromatic rings. The molecule has 0 atom stereocenters. The molecule has 0 spiro atoms. The fourth-order valence-electron chi connectivity index (χ4n) is 3.71. The lowest BCUT2D eigenvalue weighted by Gasteiger charge is -2.16. The minimum absolute atomic E-state index is 0.171. The second kappa shape index (κ2) is 10.6. The van der Waals surface area contributed by atoms with Crippen LogP contribution in [0.5, 0.6) is 11.5 Å². The molecule has 9 heteroatoms. The van der Waals surface area contributed by atoms with Gasteiger partial charge in [-0.15, -0.1) is 0 Å². The van der Waals surface area contributed by atoms with Crippen LogP contribution in [0.4, 0.5) is 11.4 Å². The predicted octanol–water partition coefficient (Wildman–Crippen LogP) is 4.28. The Bertz CT molecular complexity index is 1410. The molecule has 35 heavy (non-hydrogen) atoms. The molecule has 0 aliphatic rings. The zero-order chi connectivity index (χ0) is 24.8.